The molecule has 0 radical (unpaired) electrons. The van der Waals surface area contributed by atoms with Gasteiger partial charge >= 0.3 is 0 Å². The number of hydrogen-bond acceptors (Lipinski definition) is 5. The molecule has 0 aliphatic carbocycles. The zero-order valence-corrected chi connectivity index (χ0v) is 14.4. The Morgan fingerprint density at radius 1 is 1.32 bits per heavy atom. The van der Waals surface area contributed by atoms with Crippen molar-refractivity contribution in [1.29, 1.82) is 0 Å². The average Bonchev–Trinajstić information content (AvgIpc) is 3.22. The molecule has 1 amide bonds. The van der Waals surface area contributed by atoms with Crippen LogP contribution >= 0.6 is 0 Å². The molecule has 4 heterocycles. The standard InChI is InChI=1S/C17H23N5O3/c1-12-9-16(23)22-15(18-12)10-13(19-22)14-3-2-4-21(14)17(24)11-20-5-7-25-8-6-20/h9-10,14,19H,2-8,11H2,1H3/t14-/m1/s1. The first kappa shape index (κ1) is 16.3. The number of aromatic nitrogens is 3. The van der Waals surface area contributed by atoms with Crippen LogP contribution < -0.4 is 5.56 Å². The number of fused-ring (bicyclic) bond motifs is 1. The van der Waals surface area contributed by atoms with E-state index >= 15 is 0 Å². The second kappa shape index (κ2) is 6.61. The Morgan fingerprint density at radius 3 is 2.92 bits per heavy atom. The number of nitrogens with one attached hydrogen (secondary N) is 1. The molecule has 2 aliphatic heterocycles. The van der Waals surface area contributed by atoms with Crippen molar-refractivity contribution in [2.75, 3.05) is 39.4 Å². The van der Waals surface area contributed by atoms with Crippen LogP contribution in [0.25, 0.3) is 5.65 Å². The van der Waals surface area contributed by atoms with Crippen molar-refractivity contribution < 1.29 is 9.53 Å². The van der Waals surface area contributed by atoms with Gasteiger partial charge in [-0.1, -0.05) is 0 Å². The molecule has 1 atom stereocenters. The summed E-state index contributed by atoms with van der Waals surface area (Å²) < 4.78 is 6.79. The summed E-state index contributed by atoms with van der Waals surface area (Å²) in [6.45, 7) is 5.97. The quantitative estimate of drug-likeness (QED) is 0.867. The lowest BCUT2D eigenvalue weighted by atomic mass is 10.1. The van der Waals surface area contributed by atoms with Crippen LogP contribution in [0.15, 0.2) is 16.9 Å². The van der Waals surface area contributed by atoms with Crippen LogP contribution in [0, 0.1) is 6.92 Å². The fourth-order valence-corrected chi connectivity index (χ4v) is 3.73. The van der Waals surface area contributed by atoms with E-state index in [1.807, 2.05) is 17.9 Å². The number of H-pyrrole nitrogens is 1. The van der Waals surface area contributed by atoms with Gasteiger partial charge in [0.15, 0.2) is 5.65 Å². The van der Waals surface area contributed by atoms with Gasteiger partial charge in [0.05, 0.1) is 31.5 Å². The maximum Gasteiger partial charge on any atom is 0.272 e. The van der Waals surface area contributed by atoms with E-state index in [4.69, 9.17) is 4.74 Å². The average molecular weight is 345 g/mol. The molecule has 0 saturated carbocycles. The molecule has 4 rings (SSSR count). The minimum atomic E-state index is -0.127. The lowest BCUT2D eigenvalue weighted by molar-refractivity contribution is -0.134. The Kier molecular flexibility index (Phi) is 4.30. The molecule has 0 aromatic carbocycles. The van der Waals surface area contributed by atoms with Crippen molar-refractivity contribution in [3.8, 4) is 0 Å². The van der Waals surface area contributed by atoms with Crippen LogP contribution in [0.1, 0.15) is 30.3 Å². The topological polar surface area (TPSA) is 82.9 Å². The van der Waals surface area contributed by atoms with Crippen LogP contribution in [0.2, 0.25) is 0 Å². The summed E-state index contributed by atoms with van der Waals surface area (Å²) in [6, 6.07) is 3.37. The molecule has 25 heavy (non-hydrogen) atoms. The second-order valence-corrected chi connectivity index (χ2v) is 6.77. The number of aryl methyl sites for hydroxylation is 1. The van der Waals surface area contributed by atoms with Crippen LogP contribution in [0.4, 0.5) is 0 Å². The Hall–Kier alpha value is -2.19. The molecule has 0 unspecified atom stereocenters. The number of ether oxygens (including phenoxy) is 1. The van der Waals surface area contributed by atoms with Crippen LogP contribution in [-0.4, -0.2) is 69.7 Å². The van der Waals surface area contributed by atoms with E-state index in [0.29, 0.717) is 31.1 Å². The van der Waals surface area contributed by atoms with E-state index < -0.39 is 0 Å². The number of carbonyl (C=O) groups is 1. The van der Waals surface area contributed by atoms with Gasteiger partial charge in [0.25, 0.3) is 5.56 Å². The molecule has 2 aromatic heterocycles. The molecular formula is C17H23N5O3. The summed E-state index contributed by atoms with van der Waals surface area (Å²) in [7, 11) is 0. The predicted molar refractivity (Wildman–Crippen MR) is 91.5 cm³/mol. The fraction of sp³-hybridized carbons (Fsp3) is 0.588. The van der Waals surface area contributed by atoms with E-state index in [1.54, 1.807) is 0 Å². The molecule has 134 valence electrons. The number of rotatable bonds is 3. The van der Waals surface area contributed by atoms with Gasteiger partial charge in [0.2, 0.25) is 5.91 Å². The zero-order chi connectivity index (χ0) is 17.4. The zero-order valence-electron chi connectivity index (χ0n) is 14.4. The largest absolute Gasteiger partial charge is 0.379 e. The van der Waals surface area contributed by atoms with E-state index in [1.165, 1.54) is 10.6 Å². The first-order valence-corrected chi connectivity index (χ1v) is 8.81. The number of morpholine rings is 1. The number of aromatic amines is 1. The molecule has 2 aromatic rings. The van der Waals surface area contributed by atoms with E-state index in [2.05, 4.69) is 15.0 Å². The number of hydrogen-bond donors (Lipinski definition) is 1. The van der Waals surface area contributed by atoms with Crippen molar-refractivity contribution in [1.82, 2.24) is 24.4 Å². The second-order valence-electron chi connectivity index (χ2n) is 6.77. The third-order valence-electron chi connectivity index (χ3n) is 4.99. The molecule has 0 bridgehead atoms. The lowest BCUT2D eigenvalue weighted by Gasteiger charge is -2.30. The smallest absolute Gasteiger partial charge is 0.272 e. The summed E-state index contributed by atoms with van der Waals surface area (Å²) >= 11 is 0. The van der Waals surface area contributed by atoms with Gasteiger partial charge in [-0.25, -0.2) is 9.50 Å². The van der Waals surface area contributed by atoms with Gasteiger partial charge in [-0.3, -0.25) is 19.6 Å². The van der Waals surface area contributed by atoms with Crippen molar-refractivity contribution in [3.63, 3.8) is 0 Å². The molecule has 2 fully saturated rings. The van der Waals surface area contributed by atoms with E-state index in [0.717, 1.165) is 38.2 Å². The number of carbonyl (C=O) groups excluding carboxylic acids is 1. The molecular weight excluding hydrogens is 322 g/mol. The first-order chi connectivity index (χ1) is 12.1. The molecule has 0 spiro atoms. The summed E-state index contributed by atoms with van der Waals surface area (Å²) in [5.41, 5.74) is 2.05. The van der Waals surface area contributed by atoms with Crippen LogP contribution in [-0.2, 0) is 9.53 Å². The van der Waals surface area contributed by atoms with Crippen molar-refractivity contribution in [2.45, 2.75) is 25.8 Å². The Labute approximate surface area is 145 Å². The highest BCUT2D eigenvalue weighted by molar-refractivity contribution is 5.79. The first-order valence-electron chi connectivity index (χ1n) is 8.81. The summed E-state index contributed by atoms with van der Waals surface area (Å²) in [4.78, 5) is 33.3. The highest BCUT2D eigenvalue weighted by Gasteiger charge is 2.32. The Balaban J connectivity index is 1.55. The molecule has 8 heteroatoms. The van der Waals surface area contributed by atoms with E-state index in [-0.39, 0.29) is 17.5 Å². The van der Waals surface area contributed by atoms with Crippen molar-refractivity contribution in [3.05, 3.63) is 33.9 Å². The summed E-state index contributed by atoms with van der Waals surface area (Å²) in [6.07, 6.45) is 1.87. The minimum absolute atomic E-state index is 0.0186. The molecule has 1 N–H and O–H groups in total. The maximum atomic E-state index is 12.8. The lowest BCUT2D eigenvalue weighted by Crippen LogP contribution is -2.44. The minimum Gasteiger partial charge on any atom is -0.379 e. The number of likely N-dealkylation sites (tertiary alicyclic amines) is 1. The summed E-state index contributed by atoms with van der Waals surface area (Å²) in [5, 5.41) is 3.14. The predicted octanol–water partition coefficient (Wildman–Crippen LogP) is 0.327. The van der Waals surface area contributed by atoms with Crippen LogP contribution in [0.3, 0.4) is 0 Å². The van der Waals surface area contributed by atoms with Crippen molar-refractivity contribution >= 4 is 11.6 Å². The SMILES string of the molecule is Cc1cc(=O)n2[nH]c([C@H]3CCCN3C(=O)CN3CCOCC3)cc2n1. The van der Waals surface area contributed by atoms with Gasteiger partial charge in [-0.2, -0.15) is 0 Å². The summed E-state index contributed by atoms with van der Waals surface area (Å²) in [5.74, 6) is 0.138. The third kappa shape index (κ3) is 3.19. The van der Waals surface area contributed by atoms with Gasteiger partial charge < -0.3 is 9.64 Å². The van der Waals surface area contributed by atoms with Gasteiger partial charge in [0, 0.05) is 37.5 Å². The fourth-order valence-electron chi connectivity index (χ4n) is 3.73. The highest BCUT2D eigenvalue weighted by atomic mass is 16.5. The molecule has 2 saturated heterocycles. The highest BCUT2D eigenvalue weighted by Crippen LogP contribution is 2.31. The molecule has 2 aliphatic rings. The van der Waals surface area contributed by atoms with Gasteiger partial charge in [0.1, 0.15) is 0 Å². The number of amides is 1. The number of nitrogens with zero attached hydrogens (tertiary/aromatic N) is 4. The Morgan fingerprint density at radius 2 is 2.12 bits per heavy atom. The van der Waals surface area contributed by atoms with Gasteiger partial charge in [-0.15, -0.1) is 0 Å². The maximum absolute atomic E-state index is 12.8. The van der Waals surface area contributed by atoms with E-state index in [9.17, 15) is 9.59 Å². The normalized spacial score (nSPS) is 22.0. The van der Waals surface area contributed by atoms with Crippen LogP contribution in [0.5, 0.6) is 0 Å². The van der Waals surface area contributed by atoms with Gasteiger partial charge in [-0.05, 0) is 19.8 Å². The molecule has 8 nitrogen and oxygen atoms in total. The monoisotopic (exact) mass is 345 g/mol. The third-order valence-corrected chi connectivity index (χ3v) is 4.99. The van der Waals surface area contributed by atoms with Crippen molar-refractivity contribution in [2.24, 2.45) is 0 Å². The Bertz CT molecular complexity index is 836.